The smallest absolute Gasteiger partial charge is 0.345 e. The van der Waals surface area contributed by atoms with E-state index in [2.05, 4.69) is 15.5 Å². The van der Waals surface area contributed by atoms with Crippen molar-refractivity contribution in [2.45, 2.75) is 0 Å². The van der Waals surface area contributed by atoms with Crippen molar-refractivity contribution in [1.82, 2.24) is 4.98 Å². The SMILES string of the molecule is N#C/C(=N/Nc1ccccc1[N+](=O)[O-])c1nc(-c2cc3ccccc3oc2=O)cs1. The Morgan fingerprint density at radius 2 is 2.00 bits per heavy atom. The zero-order valence-electron chi connectivity index (χ0n) is 15.1. The van der Waals surface area contributed by atoms with Gasteiger partial charge in [-0.05, 0) is 18.2 Å². The maximum Gasteiger partial charge on any atom is 0.345 e. The zero-order valence-corrected chi connectivity index (χ0v) is 15.9. The van der Waals surface area contributed by atoms with Gasteiger partial charge in [-0.15, -0.1) is 11.3 Å². The number of benzene rings is 2. The topological polar surface area (TPSA) is 134 Å². The van der Waals surface area contributed by atoms with Gasteiger partial charge in [0, 0.05) is 16.8 Å². The third-order valence-electron chi connectivity index (χ3n) is 4.12. The maximum absolute atomic E-state index is 12.3. The first-order chi connectivity index (χ1) is 14.6. The minimum Gasteiger partial charge on any atom is -0.422 e. The molecule has 0 radical (unpaired) electrons. The molecule has 10 heteroatoms. The molecule has 0 saturated heterocycles. The summed E-state index contributed by atoms with van der Waals surface area (Å²) in [6.07, 6.45) is 0. The Morgan fingerprint density at radius 1 is 1.23 bits per heavy atom. The number of fused-ring (bicyclic) bond motifs is 1. The van der Waals surface area contributed by atoms with E-state index in [0.717, 1.165) is 16.7 Å². The van der Waals surface area contributed by atoms with Gasteiger partial charge in [-0.1, -0.05) is 30.3 Å². The second-order valence-corrected chi connectivity index (χ2v) is 6.84. The van der Waals surface area contributed by atoms with Gasteiger partial charge in [0.25, 0.3) is 5.69 Å². The van der Waals surface area contributed by atoms with Crippen molar-refractivity contribution in [3.05, 3.63) is 85.5 Å². The first kappa shape index (κ1) is 19.0. The number of hydrogen-bond donors (Lipinski definition) is 1. The number of nitriles is 1. The van der Waals surface area contributed by atoms with Crippen molar-refractivity contribution in [3.63, 3.8) is 0 Å². The Hall–Kier alpha value is -4.36. The van der Waals surface area contributed by atoms with Gasteiger partial charge in [0.15, 0.2) is 10.7 Å². The molecule has 0 aliphatic rings. The molecule has 9 nitrogen and oxygen atoms in total. The Balaban J connectivity index is 1.67. The van der Waals surface area contributed by atoms with Crippen molar-refractivity contribution in [3.8, 4) is 17.3 Å². The molecule has 0 spiro atoms. The molecule has 0 aliphatic heterocycles. The van der Waals surface area contributed by atoms with Crippen molar-refractivity contribution < 1.29 is 9.34 Å². The molecule has 4 aromatic rings. The van der Waals surface area contributed by atoms with Crippen LogP contribution in [0.1, 0.15) is 5.01 Å². The van der Waals surface area contributed by atoms with Gasteiger partial charge < -0.3 is 4.42 Å². The molecule has 1 N–H and O–H groups in total. The average Bonchev–Trinajstić information content (AvgIpc) is 3.23. The predicted octanol–water partition coefficient (Wildman–Crippen LogP) is 4.16. The largest absolute Gasteiger partial charge is 0.422 e. The normalized spacial score (nSPS) is 11.2. The van der Waals surface area contributed by atoms with Gasteiger partial charge in [-0.3, -0.25) is 15.5 Å². The predicted molar refractivity (Wildman–Crippen MR) is 112 cm³/mol. The van der Waals surface area contributed by atoms with Crippen molar-refractivity contribution in [2.75, 3.05) is 5.43 Å². The number of nitrogens with one attached hydrogen (secondary N) is 1. The molecule has 0 saturated carbocycles. The van der Waals surface area contributed by atoms with Gasteiger partial charge in [0.1, 0.15) is 17.3 Å². The molecule has 2 heterocycles. The van der Waals surface area contributed by atoms with Crippen LogP contribution in [0.3, 0.4) is 0 Å². The van der Waals surface area contributed by atoms with Gasteiger partial charge in [-0.25, -0.2) is 9.78 Å². The van der Waals surface area contributed by atoms with Crippen LogP contribution < -0.4 is 11.1 Å². The molecule has 0 aliphatic carbocycles. The molecule has 0 fully saturated rings. The van der Waals surface area contributed by atoms with Crippen LogP contribution in [0.4, 0.5) is 11.4 Å². The summed E-state index contributed by atoms with van der Waals surface area (Å²) in [6.45, 7) is 0. The summed E-state index contributed by atoms with van der Waals surface area (Å²) in [6, 6.07) is 16.6. The fourth-order valence-corrected chi connectivity index (χ4v) is 3.47. The third kappa shape index (κ3) is 3.65. The van der Waals surface area contributed by atoms with E-state index in [9.17, 15) is 20.2 Å². The van der Waals surface area contributed by atoms with Crippen LogP contribution in [0.25, 0.3) is 22.2 Å². The first-order valence-electron chi connectivity index (χ1n) is 8.53. The summed E-state index contributed by atoms with van der Waals surface area (Å²) in [5.74, 6) is 0. The Kier molecular flexibility index (Phi) is 5.02. The molecule has 0 bridgehead atoms. The third-order valence-corrected chi connectivity index (χ3v) is 4.97. The first-order valence-corrected chi connectivity index (χ1v) is 9.41. The monoisotopic (exact) mass is 417 g/mol. The lowest BCUT2D eigenvalue weighted by Gasteiger charge is -2.01. The van der Waals surface area contributed by atoms with Crippen LogP contribution in [0.5, 0.6) is 0 Å². The maximum atomic E-state index is 12.3. The van der Waals surface area contributed by atoms with E-state index in [4.69, 9.17) is 4.42 Å². The van der Waals surface area contributed by atoms with Gasteiger partial charge in [-0.2, -0.15) is 10.4 Å². The number of anilines is 1. The zero-order chi connectivity index (χ0) is 21.1. The van der Waals surface area contributed by atoms with Crippen molar-refractivity contribution >= 4 is 39.4 Å². The molecule has 146 valence electrons. The summed E-state index contributed by atoms with van der Waals surface area (Å²) < 4.78 is 5.32. The lowest BCUT2D eigenvalue weighted by molar-refractivity contribution is -0.384. The highest BCUT2D eigenvalue weighted by molar-refractivity contribution is 7.12. The second-order valence-electron chi connectivity index (χ2n) is 5.98. The van der Waals surface area contributed by atoms with E-state index >= 15 is 0 Å². The summed E-state index contributed by atoms with van der Waals surface area (Å²) in [5.41, 5.74) is 2.97. The van der Waals surface area contributed by atoms with Gasteiger partial charge in [0.2, 0.25) is 0 Å². The quantitative estimate of drug-likeness (QED) is 0.223. The number of nitro groups is 1. The fraction of sp³-hybridized carbons (Fsp3) is 0. The van der Waals surface area contributed by atoms with E-state index < -0.39 is 10.5 Å². The van der Waals surface area contributed by atoms with Crippen LogP contribution in [0, 0.1) is 21.4 Å². The Bertz CT molecular complexity index is 1400. The molecule has 4 rings (SSSR count). The lowest BCUT2D eigenvalue weighted by atomic mass is 10.1. The number of aromatic nitrogens is 1. The number of thiazole rings is 1. The van der Waals surface area contributed by atoms with E-state index in [1.54, 1.807) is 29.6 Å². The molecular weight excluding hydrogens is 406 g/mol. The van der Waals surface area contributed by atoms with Crippen molar-refractivity contribution in [2.24, 2.45) is 5.10 Å². The summed E-state index contributed by atoms with van der Waals surface area (Å²) in [4.78, 5) is 27.2. The lowest BCUT2D eigenvalue weighted by Crippen LogP contribution is -2.05. The van der Waals surface area contributed by atoms with Crippen LogP contribution in [0.15, 0.2) is 74.3 Å². The minimum absolute atomic E-state index is 0.0745. The van der Waals surface area contributed by atoms with Gasteiger partial charge in [0.05, 0.1) is 16.2 Å². The molecule has 0 unspecified atom stereocenters. The standard InChI is InChI=1S/C20H11N5O4S/c21-10-15(24-23-14-6-2-3-7-17(14)25(27)28)19-22-16(11-30-19)13-9-12-5-1-4-8-18(12)29-20(13)26/h1-9,11,23H/b24-15-. The summed E-state index contributed by atoms with van der Waals surface area (Å²) >= 11 is 1.12. The molecular formula is C20H11N5O4S. The number of hydrogen-bond acceptors (Lipinski definition) is 9. The summed E-state index contributed by atoms with van der Waals surface area (Å²) in [7, 11) is 0. The van der Waals surface area contributed by atoms with Crippen LogP contribution in [0.2, 0.25) is 0 Å². The van der Waals surface area contributed by atoms with Gasteiger partial charge >= 0.3 is 5.63 Å². The average molecular weight is 417 g/mol. The number of nitrogens with zero attached hydrogens (tertiary/aromatic N) is 4. The van der Waals surface area contributed by atoms with Crippen molar-refractivity contribution in [1.29, 1.82) is 5.26 Å². The number of para-hydroxylation sites is 3. The molecule has 2 aromatic carbocycles. The van der Waals surface area contributed by atoms with E-state index in [1.165, 1.54) is 18.2 Å². The van der Waals surface area contributed by atoms with Crippen LogP contribution in [-0.2, 0) is 0 Å². The molecule has 2 aromatic heterocycles. The highest BCUT2D eigenvalue weighted by atomic mass is 32.1. The number of hydrazone groups is 1. The second kappa shape index (κ2) is 7.94. The Morgan fingerprint density at radius 3 is 2.80 bits per heavy atom. The molecule has 0 atom stereocenters. The minimum atomic E-state index is -0.551. The van der Waals surface area contributed by atoms with E-state index in [-0.39, 0.29) is 27.7 Å². The Labute approximate surface area is 172 Å². The summed E-state index contributed by atoms with van der Waals surface area (Å²) in [5, 5.41) is 27.1. The van der Waals surface area contributed by atoms with E-state index in [1.807, 2.05) is 18.2 Å². The number of rotatable bonds is 5. The highest BCUT2D eigenvalue weighted by Gasteiger charge is 2.16. The fourth-order valence-electron chi connectivity index (χ4n) is 2.71. The molecule has 30 heavy (non-hydrogen) atoms. The van der Waals surface area contributed by atoms with Crippen LogP contribution in [-0.4, -0.2) is 15.6 Å². The highest BCUT2D eigenvalue weighted by Crippen LogP contribution is 2.25. The van der Waals surface area contributed by atoms with E-state index in [0.29, 0.717) is 11.3 Å². The number of nitro benzene ring substituents is 1. The molecule has 0 amide bonds. The van der Waals surface area contributed by atoms with Crippen LogP contribution >= 0.6 is 11.3 Å².